The molecule has 21 heavy (non-hydrogen) atoms. The first-order valence-corrected chi connectivity index (χ1v) is 10.0. The molecular formula is C19H39NS. The summed E-state index contributed by atoms with van der Waals surface area (Å²) in [6.07, 6.45) is 7.01. The molecule has 1 aliphatic carbocycles. The smallest absolute Gasteiger partial charge is 0.00217 e. The molecule has 0 atom stereocenters. The predicted octanol–water partition coefficient (Wildman–Crippen LogP) is 6.04. The normalized spacial score (nSPS) is 23.4. The maximum absolute atomic E-state index is 4.85. The van der Waals surface area contributed by atoms with Crippen LogP contribution in [0.2, 0.25) is 0 Å². The molecule has 2 aliphatic rings. The first kappa shape index (κ1) is 21.0. The van der Waals surface area contributed by atoms with E-state index in [2.05, 4.69) is 39.5 Å². The fourth-order valence-electron chi connectivity index (χ4n) is 3.31. The third kappa shape index (κ3) is 6.36. The van der Waals surface area contributed by atoms with E-state index >= 15 is 0 Å². The average Bonchev–Trinajstić information content (AvgIpc) is 2.71. The van der Waals surface area contributed by atoms with Crippen LogP contribution >= 0.6 is 11.8 Å². The highest BCUT2D eigenvalue weighted by atomic mass is 32.2. The summed E-state index contributed by atoms with van der Waals surface area (Å²) < 4.78 is 0. The van der Waals surface area contributed by atoms with Gasteiger partial charge in [0.1, 0.15) is 0 Å². The molecule has 0 fully saturated rings. The van der Waals surface area contributed by atoms with Crippen molar-refractivity contribution in [3.63, 3.8) is 0 Å². The Morgan fingerprint density at radius 1 is 0.857 bits per heavy atom. The van der Waals surface area contributed by atoms with E-state index in [1.54, 1.807) is 0 Å². The lowest BCUT2D eigenvalue weighted by molar-refractivity contribution is 0.448. The van der Waals surface area contributed by atoms with Crippen molar-refractivity contribution in [1.82, 2.24) is 0 Å². The van der Waals surface area contributed by atoms with Gasteiger partial charge in [-0.15, -0.1) is 0 Å². The van der Waals surface area contributed by atoms with Crippen LogP contribution in [-0.4, -0.2) is 18.1 Å². The van der Waals surface area contributed by atoms with Crippen LogP contribution < -0.4 is 5.73 Å². The van der Waals surface area contributed by atoms with E-state index in [0.717, 1.165) is 6.54 Å². The molecule has 2 heteroatoms. The van der Waals surface area contributed by atoms with Gasteiger partial charge in [-0.05, 0) is 43.1 Å². The van der Waals surface area contributed by atoms with Crippen LogP contribution in [0.5, 0.6) is 0 Å². The van der Waals surface area contributed by atoms with E-state index in [0.29, 0.717) is 10.8 Å². The number of nitrogens with two attached hydrogens (primary N) is 1. The Morgan fingerprint density at radius 3 is 1.52 bits per heavy atom. The van der Waals surface area contributed by atoms with Gasteiger partial charge in [0.25, 0.3) is 0 Å². The first-order valence-electron chi connectivity index (χ1n) is 8.86. The van der Waals surface area contributed by atoms with Crippen molar-refractivity contribution >= 4 is 11.8 Å². The SMILES string of the molecule is CC.CC1(C)CSCC(C)(C)C2=C1CCCCC2.CCN. The zero-order valence-corrected chi connectivity index (χ0v) is 16.5. The van der Waals surface area contributed by atoms with Crippen molar-refractivity contribution < 1.29 is 0 Å². The van der Waals surface area contributed by atoms with Gasteiger partial charge in [-0.25, -0.2) is 0 Å². The monoisotopic (exact) mass is 313 g/mol. The Labute approximate surface area is 138 Å². The molecule has 0 unspecified atom stereocenters. The molecule has 2 rings (SSSR count). The fraction of sp³-hybridized carbons (Fsp3) is 0.895. The van der Waals surface area contributed by atoms with Crippen molar-refractivity contribution in [2.24, 2.45) is 16.6 Å². The van der Waals surface area contributed by atoms with Crippen LogP contribution in [0.1, 0.15) is 80.6 Å². The Hall–Kier alpha value is 0.0500. The molecule has 0 saturated heterocycles. The summed E-state index contributed by atoms with van der Waals surface area (Å²) in [5, 5.41) is 0. The van der Waals surface area contributed by atoms with Gasteiger partial charge in [-0.3, -0.25) is 0 Å². The van der Waals surface area contributed by atoms with Crippen molar-refractivity contribution in [2.75, 3.05) is 18.1 Å². The molecule has 0 spiro atoms. The molecule has 2 N–H and O–H groups in total. The van der Waals surface area contributed by atoms with E-state index in [1.807, 2.05) is 31.9 Å². The van der Waals surface area contributed by atoms with Gasteiger partial charge in [0.15, 0.2) is 0 Å². The predicted molar refractivity (Wildman–Crippen MR) is 101 cm³/mol. The molecule has 0 aromatic rings. The van der Waals surface area contributed by atoms with E-state index in [4.69, 9.17) is 5.73 Å². The first-order chi connectivity index (χ1) is 9.85. The van der Waals surface area contributed by atoms with Crippen LogP contribution in [0.15, 0.2) is 11.1 Å². The fourth-order valence-corrected chi connectivity index (χ4v) is 4.78. The summed E-state index contributed by atoms with van der Waals surface area (Å²) in [4.78, 5) is 0. The average molecular weight is 314 g/mol. The summed E-state index contributed by atoms with van der Waals surface area (Å²) in [6, 6.07) is 0. The van der Waals surface area contributed by atoms with Crippen LogP contribution in [0.4, 0.5) is 0 Å². The molecule has 1 nitrogen and oxygen atoms in total. The zero-order chi connectivity index (χ0) is 16.5. The molecule has 126 valence electrons. The molecule has 0 aromatic carbocycles. The third-order valence-electron chi connectivity index (χ3n) is 4.28. The Kier molecular flexibility index (Phi) is 9.97. The zero-order valence-electron chi connectivity index (χ0n) is 15.6. The molecule has 0 aromatic heterocycles. The number of thioether (sulfide) groups is 1. The van der Waals surface area contributed by atoms with E-state index in [1.165, 1.54) is 43.6 Å². The minimum Gasteiger partial charge on any atom is -0.331 e. The van der Waals surface area contributed by atoms with Crippen LogP contribution in [0.3, 0.4) is 0 Å². The highest BCUT2D eigenvalue weighted by molar-refractivity contribution is 7.99. The lowest BCUT2D eigenvalue weighted by atomic mass is 9.73. The molecule has 1 heterocycles. The number of allylic oxidation sites excluding steroid dienone is 2. The molecule has 1 aliphatic heterocycles. The standard InChI is InChI=1S/C15H26S.C2H7N.C2H6/c1-14(2)10-16-11-15(3,4)13-9-7-5-6-8-12(13)14;1-2-3;1-2/h5-11H2,1-4H3;2-3H2,1H3;1-2H3. The minimum atomic E-state index is 0.443. The van der Waals surface area contributed by atoms with Gasteiger partial charge < -0.3 is 5.73 Å². The van der Waals surface area contributed by atoms with Crippen molar-refractivity contribution in [2.45, 2.75) is 80.6 Å². The van der Waals surface area contributed by atoms with Crippen LogP contribution in [-0.2, 0) is 0 Å². The van der Waals surface area contributed by atoms with Crippen molar-refractivity contribution in [1.29, 1.82) is 0 Å². The van der Waals surface area contributed by atoms with Gasteiger partial charge >= 0.3 is 0 Å². The highest BCUT2D eigenvalue weighted by Crippen LogP contribution is 2.49. The molecule has 0 radical (unpaired) electrons. The quantitative estimate of drug-likeness (QED) is 0.552. The van der Waals surface area contributed by atoms with Crippen molar-refractivity contribution in [3.05, 3.63) is 11.1 Å². The lowest BCUT2D eigenvalue weighted by Gasteiger charge is -2.32. The van der Waals surface area contributed by atoms with Crippen molar-refractivity contribution in [3.8, 4) is 0 Å². The Morgan fingerprint density at radius 2 is 1.19 bits per heavy atom. The molecule has 0 amide bonds. The number of rotatable bonds is 0. The number of hydrogen-bond acceptors (Lipinski definition) is 2. The summed E-state index contributed by atoms with van der Waals surface area (Å²) in [5.41, 5.74) is 9.37. The van der Waals surface area contributed by atoms with E-state index < -0.39 is 0 Å². The molecular weight excluding hydrogens is 274 g/mol. The topological polar surface area (TPSA) is 26.0 Å². The van der Waals surface area contributed by atoms with Gasteiger partial charge in [0, 0.05) is 11.5 Å². The number of hydrogen-bond donors (Lipinski definition) is 1. The largest absolute Gasteiger partial charge is 0.331 e. The van der Waals surface area contributed by atoms with Gasteiger partial charge in [-0.1, -0.05) is 66.0 Å². The second-order valence-corrected chi connectivity index (χ2v) is 8.17. The summed E-state index contributed by atoms with van der Waals surface area (Å²) in [6.45, 7) is 16.5. The van der Waals surface area contributed by atoms with Crippen LogP contribution in [0.25, 0.3) is 0 Å². The Bertz CT molecular complexity index is 288. The third-order valence-corrected chi connectivity index (χ3v) is 6.13. The van der Waals surface area contributed by atoms with Gasteiger partial charge in [0.2, 0.25) is 0 Å². The summed E-state index contributed by atoms with van der Waals surface area (Å²) in [7, 11) is 0. The molecule has 0 bridgehead atoms. The molecule has 0 saturated carbocycles. The van der Waals surface area contributed by atoms with E-state index in [9.17, 15) is 0 Å². The Balaban J connectivity index is 0.000000713. The van der Waals surface area contributed by atoms with Gasteiger partial charge in [0.05, 0.1) is 0 Å². The van der Waals surface area contributed by atoms with Gasteiger partial charge in [-0.2, -0.15) is 11.8 Å². The second kappa shape index (κ2) is 9.94. The minimum absolute atomic E-state index is 0.443. The second-order valence-electron chi connectivity index (χ2n) is 7.19. The summed E-state index contributed by atoms with van der Waals surface area (Å²) >= 11 is 2.16. The van der Waals surface area contributed by atoms with Crippen LogP contribution in [0, 0.1) is 10.8 Å². The highest BCUT2D eigenvalue weighted by Gasteiger charge is 2.36. The maximum Gasteiger partial charge on any atom is 0.00217 e. The maximum atomic E-state index is 4.85. The summed E-state index contributed by atoms with van der Waals surface area (Å²) in [5.74, 6) is 2.63. The van der Waals surface area contributed by atoms with E-state index in [-0.39, 0.29) is 0 Å². The lowest BCUT2D eigenvalue weighted by Crippen LogP contribution is -2.21.